The molecule has 2 aromatic carbocycles. The summed E-state index contributed by atoms with van der Waals surface area (Å²) in [5.74, 6) is -0.982. The van der Waals surface area contributed by atoms with Gasteiger partial charge in [0.05, 0.1) is 16.3 Å². The first-order chi connectivity index (χ1) is 13.0. The third-order valence-corrected chi connectivity index (χ3v) is 4.98. The van der Waals surface area contributed by atoms with Crippen LogP contribution in [0.5, 0.6) is 0 Å². The van der Waals surface area contributed by atoms with Crippen molar-refractivity contribution in [2.45, 2.75) is 13.0 Å². The summed E-state index contributed by atoms with van der Waals surface area (Å²) in [5.41, 5.74) is 1.75. The van der Waals surface area contributed by atoms with Crippen LogP contribution in [0.2, 0.25) is 5.02 Å². The smallest absolute Gasteiger partial charge is 0.331 e. The zero-order chi connectivity index (χ0) is 19.2. The highest BCUT2D eigenvalue weighted by Gasteiger charge is 2.11. The van der Waals surface area contributed by atoms with E-state index in [1.807, 2.05) is 43.3 Å². The SMILES string of the molecule is C[C@@H](NC(=O)COC(=O)/C=C/c1nc2ccccc2s1)c1cccc(Cl)c1. The number of hydrogen-bond acceptors (Lipinski definition) is 5. The molecule has 27 heavy (non-hydrogen) atoms. The summed E-state index contributed by atoms with van der Waals surface area (Å²) in [7, 11) is 0. The maximum Gasteiger partial charge on any atom is 0.331 e. The highest BCUT2D eigenvalue weighted by Crippen LogP contribution is 2.22. The molecule has 0 saturated heterocycles. The quantitative estimate of drug-likeness (QED) is 0.492. The van der Waals surface area contributed by atoms with Crippen LogP contribution >= 0.6 is 22.9 Å². The van der Waals surface area contributed by atoms with E-state index in [0.717, 1.165) is 15.8 Å². The second-order valence-corrected chi connectivity index (χ2v) is 7.30. The molecule has 0 aliphatic carbocycles. The highest BCUT2D eigenvalue weighted by atomic mass is 35.5. The molecular weight excluding hydrogens is 384 g/mol. The fraction of sp³-hybridized carbons (Fsp3) is 0.150. The molecule has 1 amide bonds. The Bertz CT molecular complexity index is 967. The topological polar surface area (TPSA) is 68.3 Å². The molecule has 0 aliphatic rings. The van der Waals surface area contributed by atoms with E-state index in [2.05, 4.69) is 10.3 Å². The zero-order valence-electron chi connectivity index (χ0n) is 14.5. The molecule has 5 nitrogen and oxygen atoms in total. The van der Waals surface area contributed by atoms with Gasteiger partial charge < -0.3 is 10.1 Å². The molecule has 1 heterocycles. The number of amides is 1. The normalized spacial score (nSPS) is 12.2. The van der Waals surface area contributed by atoms with Crippen LogP contribution in [0.1, 0.15) is 23.5 Å². The summed E-state index contributed by atoms with van der Waals surface area (Å²) in [4.78, 5) is 28.2. The van der Waals surface area contributed by atoms with E-state index in [-0.39, 0.29) is 18.6 Å². The van der Waals surface area contributed by atoms with Crippen molar-refractivity contribution in [1.29, 1.82) is 0 Å². The fourth-order valence-electron chi connectivity index (χ4n) is 2.43. The second-order valence-electron chi connectivity index (χ2n) is 5.81. The van der Waals surface area contributed by atoms with Crippen LogP contribution in [-0.4, -0.2) is 23.5 Å². The number of rotatable bonds is 6. The van der Waals surface area contributed by atoms with Crippen molar-refractivity contribution in [2.24, 2.45) is 0 Å². The minimum absolute atomic E-state index is 0.242. The van der Waals surface area contributed by atoms with Gasteiger partial charge in [-0.3, -0.25) is 4.79 Å². The molecule has 0 spiro atoms. The van der Waals surface area contributed by atoms with E-state index in [4.69, 9.17) is 16.3 Å². The molecule has 1 aromatic heterocycles. The summed E-state index contributed by atoms with van der Waals surface area (Å²) in [6.45, 7) is 1.48. The minimum atomic E-state index is -0.597. The van der Waals surface area contributed by atoms with E-state index >= 15 is 0 Å². The molecule has 0 radical (unpaired) electrons. The number of aromatic nitrogens is 1. The lowest BCUT2D eigenvalue weighted by Crippen LogP contribution is -2.30. The first-order valence-electron chi connectivity index (χ1n) is 8.26. The van der Waals surface area contributed by atoms with Crippen molar-refractivity contribution in [3.05, 3.63) is 70.2 Å². The number of fused-ring (bicyclic) bond motifs is 1. The summed E-state index contributed by atoms with van der Waals surface area (Å²) >= 11 is 7.42. The Hall–Kier alpha value is -2.70. The number of para-hydroxylation sites is 1. The van der Waals surface area contributed by atoms with Crippen molar-refractivity contribution < 1.29 is 14.3 Å². The lowest BCUT2D eigenvalue weighted by molar-refractivity contribution is -0.144. The van der Waals surface area contributed by atoms with Gasteiger partial charge in [0, 0.05) is 11.1 Å². The summed E-state index contributed by atoms with van der Waals surface area (Å²) < 4.78 is 6.01. The van der Waals surface area contributed by atoms with Crippen molar-refractivity contribution in [2.75, 3.05) is 6.61 Å². The van der Waals surface area contributed by atoms with Crippen LogP contribution in [0, 0.1) is 0 Å². The van der Waals surface area contributed by atoms with Crippen molar-refractivity contribution in [1.82, 2.24) is 10.3 Å². The average Bonchev–Trinajstić information content (AvgIpc) is 3.07. The number of ether oxygens (including phenoxy) is 1. The van der Waals surface area contributed by atoms with Crippen LogP contribution in [0.15, 0.2) is 54.6 Å². The second kappa shape index (κ2) is 8.79. The largest absolute Gasteiger partial charge is 0.452 e. The molecule has 0 unspecified atom stereocenters. The zero-order valence-corrected chi connectivity index (χ0v) is 16.1. The van der Waals surface area contributed by atoms with Gasteiger partial charge in [-0.2, -0.15) is 0 Å². The van der Waals surface area contributed by atoms with Crippen LogP contribution in [0.3, 0.4) is 0 Å². The van der Waals surface area contributed by atoms with Crippen molar-refractivity contribution in [3.8, 4) is 0 Å². The van der Waals surface area contributed by atoms with Crippen LogP contribution < -0.4 is 5.32 Å². The average molecular weight is 401 g/mol. The number of hydrogen-bond donors (Lipinski definition) is 1. The molecule has 138 valence electrons. The molecule has 1 atom stereocenters. The maximum atomic E-state index is 12.0. The predicted octanol–water partition coefficient (Wildman–Crippen LogP) is 4.38. The number of benzene rings is 2. The highest BCUT2D eigenvalue weighted by molar-refractivity contribution is 7.19. The Labute approximate surface area is 165 Å². The third-order valence-electron chi connectivity index (χ3n) is 3.74. The van der Waals surface area contributed by atoms with Gasteiger partial charge in [0.25, 0.3) is 5.91 Å². The van der Waals surface area contributed by atoms with E-state index in [1.165, 1.54) is 17.4 Å². The minimum Gasteiger partial charge on any atom is -0.452 e. The van der Waals surface area contributed by atoms with Crippen LogP contribution in [0.4, 0.5) is 0 Å². The fourth-order valence-corrected chi connectivity index (χ4v) is 3.50. The Balaban J connectivity index is 1.48. The molecule has 1 N–H and O–H groups in total. The molecular formula is C20H17ClN2O3S. The van der Waals surface area contributed by atoms with Gasteiger partial charge in [0.2, 0.25) is 0 Å². The van der Waals surface area contributed by atoms with E-state index in [0.29, 0.717) is 10.0 Å². The first-order valence-corrected chi connectivity index (χ1v) is 9.46. The lowest BCUT2D eigenvalue weighted by Gasteiger charge is -2.14. The number of nitrogens with one attached hydrogen (secondary N) is 1. The maximum absolute atomic E-state index is 12.0. The molecule has 3 aromatic rings. The van der Waals surface area contributed by atoms with Gasteiger partial charge >= 0.3 is 5.97 Å². The molecule has 0 fully saturated rings. The van der Waals surface area contributed by atoms with Crippen molar-refractivity contribution in [3.63, 3.8) is 0 Å². The Morgan fingerprint density at radius 3 is 2.85 bits per heavy atom. The molecule has 7 heteroatoms. The Morgan fingerprint density at radius 1 is 1.26 bits per heavy atom. The summed E-state index contributed by atoms with van der Waals surface area (Å²) in [6, 6.07) is 14.7. The van der Waals surface area contributed by atoms with Crippen molar-refractivity contribution >= 4 is 51.1 Å². The molecule has 0 saturated carbocycles. The van der Waals surface area contributed by atoms with E-state index in [1.54, 1.807) is 18.2 Å². The standard InChI is InChI=1S/C20H17ClN2O3S/c1-13(14-5-4-6-15(21)11-14)22-18(24)12-26-20(25)10-9-19-23-16-7-2-3-8-17(16)27-19/h2-11,13H,12H2,1H3,(H,22,24)/b10-9+/t13-/m1/s1. The molecule has 0 bridgehead atoms. The number of carbonyl (C=O) groups is 2. The van der Waals surface area contributed by atoms with Gasteiger partial charge in [-0.05, 0) is 42.8 Å². The predicted molar refractivity (Wildman–Crippen MR) is 108 cm³/mol. The summed E-state index contributed by atoms with van der Waals surface area (Å²) in [5, 5.41) is 4.06. The van der Waals surface area contributed by atoms with Gasteiger partial charge in [0.1, 0.15) is 5.01 Å². The molecule has 3 rings (SSSR count). The number of halogens is 1. The van der Waals surface area contributed by atoms with Gasteiger partial charge in [-0.1, -0.05) is 35.9 Å². The summed E-state index contributed by atoms with van der Waals surface area (Å²) in [6.07, 6.45) is 2.85. The van der Waals surface area contributed by atoms with Gasteiger partial charge in [0.15, 0.2) is 6.61 Å². The Kier molecular flexibility index (Phi) is 6.21. The third kappa shape index (κ3) is 5.39. The number of esters is 1. The molecule has 0 aliphatic heterocycles. The number of thiazole rings is 1. The van der Waals surface area contributed by atoms with Crippen LogP contribution in [0.25, 0.3) is 16.3 Å². The van der Waals surface area contributed by atoms with Gasteiger partial charge in [-0.25, -0.2) is 9.78 Å². The Morgan fingerprint density at radius 2 is 2.07 bits per heavy atom. The lowest BCUT2D eigenvalue weighted by atomic mass is 10.1. The van der Waals surface area contributed by atoms with Gasteiger partial charge in [-0.15, -0.1) is 11.3 Å². The van der Waals surface area contributed by atoms with Crippen LogP contribution in [-0.2, 0) is 14.3 Å². The number of nitrogens with zero attached hydrogens (tertiary/aromatic N) is 1. The monoisotopic (exact) mass is 400 g/mol. The first kappa shape index (κ1) is 19.1. The van der Waals surface area contributed by atoms with E-state index < -0.39 is 5.97 Å². The number of carbonyl (C=O) groups excluding carboxylic acids is 2. The van der Waals surface area contributed by atoms with E-state index in [9.17, 15) is 9.59 Å².